The molecule has 2 heterocycles. The predicted octanol–water partition coefficient (Wildman–Crippen LogP) is 5.42. The van der Waals surface area contributed by atoms with Crippen molar-refractivity contribution in [2.75, 3.05) is 18.1 Å². The molecule has 0 fully saturated rings. The van der Waals surface area contributed by atoms with Crippen LogP contribution in [0.3, 0.4) is 0 Å². The van der Waals surface area contributed by atoms with E-state index in [0.29, 0.717) is 28.9 Å². The summed E-state index contributed by atoms with van der Waals surface area (Å²) in [5.41, 5.74) is 2.27. The molecule has 0 saturated carbocycles. The van der Waals surface area contributed by atoms with Crippen LogP contribution >= 0.6 is 15.9 Å². The van der Waals surface area contributed by atoms with E-state index < -0.39 is 17.4 Å². The van der Waals surface area contributed by atoms with Gasteiger partial charge in [-0.25, -0.2) is 4.68 Å². The average molecular weight is 696 g/mol. The van der Waals surface area contributed by atoms with E-state index in [9.17, 15) is 24.6 Å². The van der Waals surface area contributed by atoms with Gasteiger partial charge in [0.15, 0.2) is 5.60 Å². The summed E-state index contributed by atoms with van der Waals surface area (Å²) in [5.74, 6) is -1.28. The second kappa shape index (κ2) is 13.5. The molecule has 0 saturated heterocycles. The number of hydrogen-bond donors (Lipinski definition) is 3. The van der Waals surface area contributed by atoms with Crippen LogP contribution in [0, 0.1) is 5.92 Å². The van der Waals surface area contributed by atoms with Gasteiger partial charge >= 0.3 is 0 Å². The summed E-state index contributed by atoms with van der Waals surface area (Å²) in [6, 6.07) is 29.7. The number of aliphatic hydroxyl groups is 2. The molecule has 9 nitrogen and oxygen atoms in total. The number of hydrogen-bond acceptors (Lipinski definition) is 5. The van der Waals surface area contributed by atoms with Gasteiger partial charge in [-0.15, -0.1) is 0 Å². The van der Waals surface area contributed by atoms with Gasteiger partial charge in [-0.1, -0.05) is 89.6 Å². The van der Waals surface area contributed by atoms with E-state index in [1.54, 1.807) is 41.0 Å². The quantitative estimate of drug-likeness (QED) is 0.160. The first-order valence-corrected chi connectivity index (χ1v) is 16.2. The third-order valence-electron chi connectivity index (χ3n) is 8.67. The summed E-state index contributed by atoms with van der Waals surface area (Å²) in [6.07, 6.45) is 3.44. The lowest BCUT2D eigenvalue weighted by atomic mass is 9.83. The number of aliphatic hydroxyl groups excluding tert-OH is 1. The summed E-state index contributed by atoms with van der Waals surface area (Å²) < 4.78 is 2.22. The first-order chi connectivity index (χ1) is 22.7. The van der Waals surface area contributed by atoms with Crippen LogP contribution in [0.4, 0.5) is 5.69 Å². The predicted molar refractivity (Wildman–Crippen MR) is 185 cm³/mol. The molecule has 0 spiro atoms. The van der Waals surface area contributed by atoms with Crippen LogP contribution < -0.4 is 10.5 Å². The maximum absolute atomic E-state index is 14.0. The van der Waals surface area contributed by atoms with Crippen molar-refractivity contribution in [3.05, 3.63) is 141 Å². The Bertz CT molecular complexity index is 2000. The van der Waals surface area contributed by atoms with Gasteiger partial charge < -0.3 is 20.0 Å². The Kier molecular flexibility index (Phi) is 9.26. The molecule has 0 aliphatic carbocycles. The molecule has 2 atom stereocenters. The Morgan fingerprint density at radius 1 is 0.979 bits per heavy atom. The first kappa shape index (κ1) is 32.2. The number of H-pyrrole nitrogens is 1. The third-order valence-corrected chi connectivity index (χ3v) is 9.17. The van der Waals surface area contributed by atoms with Crippen molar-refractivity contribution < 1.29 is 19.8 Å². The number of anilines is 1. The lowest BCUT2D eigenvalue weighted by Crippen LogP contribution is -2.44. The molecule has 0 radical (unpaired) electrons. The number of carbonyl (C=O) groups is 2. The van der Waals surface area contributed by atoms with E-state index in [4.69, 9.17) is 0 Å². The summed E-state index contributed by atoms with van der Waals surface area (Å²) in [6.45, 7) is 2.40. The van der Waals surface area contributed by atoms with Gasteiger partial charge in [0.25, 0.3) is 11.5 Å². The Morgan fingerprint density at radius 2 is 1.70 bits per heavy atom. The minimum Gasteiger partial charge on any atom is -0.395 e. The van der Waals surface area contributed by atoms with Crippen molar-refractivity contribution in [1.29, 1.82) is 0 Å². The van der Waals surface area contributed by atoms with Crippen molar-refractivity contribution in [1.82, 2.24) is 14.7 Å². The molecule has 1 aromatic heterocycles. The molecule has 4 aromatic carbocycles. The van der Waals surface area contributed by atoms with Crippen LogP contribution in [-0.4, -0.2) is 49.9 Å². The first-order valence-electron chi connectivity index (χ1n) is 15.4. The van der Waals surface area contributed by atoms with Crippen molar-refractivity contribution in [2.24, 2.45) is 5.92 Å². The highest BCUT2D eigenvalue weighted by atomic mass is 79.9. The van der Waals surface area contributed by atoms with E-state index in [1.165, 1.54) is 4.68 Å². The van der Waals surface area contributed by atoms with Crippen molar-refractivity contribution in [3.8, 4) is 5.69 Å². The molecule has 2 amide bonds. The molecule has 5 aromatic rings. The van der Waals surface area contributed by atoms with Crippen molar-refractivity contribution >= 4 is 44.3 Å². The smallest absolute Gasteiger partial charge is 0.279 e. The summed E-state index contributed by atoms with van der Waals surface area (Å²) in [7, 11) is 0. The van der Waals surface area contributed by atoms with Crippen molar-refractivity contribution in [2.45, 2.75) is 32.0 Å². The van der Waals surface area contributed by atoms with E-state index in [1.807, 2.05) is 84.9 Å². The third kappa shape index (κ3) is 6.32. The van der Waals surface area contributed by atoms with Crippen LogP contribution in [0.1, 0.15) is 30.0 Å². The topological polar surface area (TPSA) is 119 Å². The van der Waals surface area contributed by atoms with Crippen LogP contribution in [0.15, 0.2) is 118 Å². The molecule has 0 unspecified atom stereocenters. The molecular formula is C37H35BrN4O5. The van der Waals surface area contributed by atoms with Gasteiger partial charge in [0.05, 0.1) is 35.4 Å². The second-order valence-electron chi connectivity index (χ2n) is 11.7. The van der Waals surface area contributed by atoms with Gasteiger partial charge in [-0.05, 0) is 53.6 Å². The molecule has 0 bridgehead atoms. The number of aromatic amines is 1. The molecular weight excluding hydrogens is 660 g/mol. The molecule has 1 aliphatic rings. The fourth-order valence-corrected chi connectivity index (χ4v) is 6.47. The highest BCUT2D eigenvalue weighted by Gasteiger charge is 2.52. The van der Waals surface area contributed by atoms with Crippen LogP contribution in [0.5, 0.6) is 0 Å². The minimum absolute atomic E-state index is 0.0578. The van der Waals surface area contributed by atoms with E-state index in [-0.39, 0.29) is 37.6 Å². The fraction of sp³-hybridized carbons (Fsp3) is 0.216. The normalized spacial score (nSPS) is 16.6. The van der Waals surface area contributed by atoms with E-state index in [0.717, 1.165) is 21.1 Å². The van der Waals surface area contributed by atoms with Gasteiger partial charge in [-0.2, -0.15) is 0 Å². The van der Waals surface area contributed by atoms with Crippen LogP contribution in [-0.2, 0) is 28.3 Å². The maximum Gasteiger partial charge on any atom is 0.279 e. The van der Waals surface area contributed by atoms with E-state index >= 15 is 0 Å². The molecule has 47 heavy (non-hydrogen) atoms. The number of para-hydroxylation sites is 1. The fourth-order valence-electron chi connectivity index (χ4n) is 6.11. The minimum atomic E-state index is -1.86. The van der Waals surface area contributed by atoms with Gasteiger partial charge in [-0.3, -0.25) is 19.5 Å². The number of nitrogens with zero attached hydrogens (tertiary/aromatic N) is 3. The number of benzene rings is 4. The molecule has 6 rings (SSSR count). The average Bonchev–Trinajstić information content (AvgIpc) is 3.52. The summed E-state index contributed by atoms with van der Waals surface area (Å²) in [4.78, 5) is 43.2. The Morgan fingerprint density at radius 3 is 2.43 bits per heavy atom. The number of carbonyl (C=O) groups excluding carboxylic acids is 2. The number of rotatable bonds is 11. The summed E-state index contributed by atoms with van der Waals surface area (Å²) in [5, 5.41) is 25.3. The van der Waals surface area contributed by atoms with Crippen molar-refractivity contribution in [3.63, 3.8) is 0 Å². The summed E-state index contributed by atoms with van der Waals surface area (Å²) >= 11 is 3.49. The maximum atomic E-state index is 14.0. The second-order valence-corrected chi connectivity index (χ2v) is 12.6. The lowest BCUT2D eigenvalue weighted by Gasteiger charge is -2.28. The molecule has 10 heteroatoms. The Hall–Kier alpha value is -4.77. The lowest BCUT2D eigenvalue weighted by molar-refractivity contribution is -0.139. The highest BCUT2D eigenvalue weighted by Crippen LogP contribution is 2.46. The molecule has 240 valence electrons. The number of fused-ring (bicyclic) bond motifs is 2. The van der Waals surface area contributed by atoms with Gasteiger partial charge in [0.2, 0.25) is 5.91 Å². The van der Waals surface area contributed by atoms with E-state index in [2.05, 4.69) is 21.0 Å². The molecule has 1 aliphatic heterocycles. The SMILES string of the molecule is C[C@@H](/C=C/CC(=O)N(CCO)Cc1ccccc1)[C@]1(O)C(=O)N(Cc2ccc(-n3[nH]c4ccccc4c3=O)cc2)c2ccc(Br)cc21. The number of nitrogens with one attached hydrogen (secondary N) is 1. The number of aromatic nitrogens is 2. The van der Waals surface area contributed by atoms with Gasteiger partial charge in [0, 0.05) is 35.5 Å². The standard InChI is InChI=1S/C37H35BrN4O5/c1-25(8-7-13-34(44)40(20-21-43)23-26-9-3-2-4-10-26)37(47)31-22-28(38)16-19-33(31)41(36(37)46)24-27-14-17-29(18-15-27)42-35(45)30-11-5-6-12-32(30)39-42/h2-12,14-19,22,25,39,43,47H,13,20-21,23-24H2,1H3/b8-7+/t25-,37+/m0/s1. The molecule has 3 N–H and O–H groups in total. The Labute approximate surface area is 280 Å². The number of halogens is 1. The monoisotopic (exact) mass is 694 g/mol. The zero-order valence-electron chi connectivity index (χ0n) is 25.8. The zero-order valence-corrected chi connectivity index (χ0v) is 27.4. The largest absolute Gasteiger partial charge is 0.395 e. The van der Waals surface area contributed by atoms with Crippen LogP contribution in [0.25, 0.3) is 16.6 Å². The number of amides is 2. The van der Waals surface area contributed by atoms with Crippen LogP contribution in [0.2, 0.25) is 0 Å². The highest BCUT2D eigenvalue weighted by molar-refractivity contribution is 9.10. The Balaban J connectivity index is 1.19. The van der Waals surface area contributed by atoms with Gasteiger partial charge in [0.1, 0.15) is 0 Å². The zero-order chi connectivity index (χ0) is 33.1.